The van der Waals surface area contributed by atoms with Crippen LogP contribution in [0.25, 0.3) is 0 Å². The molecule has 2 fully saturated rings. The van der Waals surface area contributed by atoms with E-state index < -0.39 is 0 Å². The summed E-state index contributed by atoms with van der Waals surface area (Å²) >= 11 is 0. The zero-order chi connectivity index (χ0) is 17.5. The van der Waals surface area contributed by atoms with Crippen LogP contribution in [-0.2, 0) is 4.74 Å². The first kappa shape index (κ1) is 18.2. The van der Waals surface area contributed by atoms with E-state index in [4.69, 9.17) is 20.5 Å². The van der Waals surface area contributed by atoms with E-state index in [2.05, 4.69) is 15.9 Å². The molecule has 2 aliphatic rings. The van der Waals surface area contributed by atoms with Gasteiger partial charge < -0.3 is 15.2 Å². The van der Waals surface area contributed by atoms with Gasteiger partial charge >= 0.3 is 0 Å². The molecule has 2 N–H and O–H groups in total. The smallest absolute Gasteiger partial charge is 0.119 e. The van der Waals surface area contributed by atoms with Crippen LogP contribution >= 0.6 is 0 Å². The van der Waals surface area contributed by atoms with Crippen LogP contribution in [0, 0.1) is 11.3 Å². The Bertz CT molecular complexity index is 558. The van der Waals surface area contributed by atoms with Crippen LogP contribution < -0.4 is 10.5 Å². The maximum atomic E-state index is 8.80. The first-order valence-electron chi connectivity index (χ1n) is 9.20. The number of hydrogen-bond donors (Lipinski definition) is 1. The van der Waals surface area contributed by atoms with Crippen LogP contribution in [0.2, 0.25) is 0 Å². The van der Waals surface area contributed by atoms with Crippen LogP contribution in [-0.4, -0.2) is 74.4 Å². The average molecular weight is 344 g/mol. The molecule has 2 aliphatic heterocycles. The third-order valence-electron chi connectivity index (χ3n) is 4.78. The van der Waals surface area contributed by atoms with Crippen molar-refractivity contribution in [3.63, 3.8) is 0 Å². The van der Waals surface area contributed by atoms with Gasteiger partial charge in [0.1, 0.15) is 5.75 Å². The van der Waals surface area contributed by atoms with Gasteiger partial charge in [-0.15, -0.1) is 0 Å². The molecule has 1 aromatic rings. The Labute approximate surface area is 150 Å². The van der Waals surface area contributed by atoms with Gasteiger partial charge in [0.15, 0.2) is 0 Å². The predicted octanol–water partition coefficient (Wildman–Crippen LogP) is 1.06. The Morgan fingerprint density at radius 2 is 1.64 bits per heavy atom. The second-order valence-electron chi connectivity index (χ2n) is 6.88. The molecule has 2 atom stereocenters. The molecule has 2 heterocycles. The fourth-order valence-electron chi connectivity index (χ4n) is 3.64. The van der Waals surface area contributed by atoms with Crippen molar-refractivity contribution < 1.29 is 9.47 Å². The van der Waals surface area contributed by atoms with Crippen molar-refractivity contribution in [1.82, 2.24) is 9.80 Å². The normalized spacial score (nSPS) is 24.0. The molecule has 3 rings (SSSR count). The maximum absolute atomic E-state index is 8.80. The molecule has 0 radical (unpaired) electrons. The molecule has 0 amide bonds. The summed E-state index contributed by atoms with van der Waals surface area (Å²) in [4.78, 5) is 5.00. The quantitative estimate of drug-likeness (QED) is 0.711. The Balaban J connectivity index is 1.35. The lowest BCUT2D eigenvalue weighted by Gasteiger charge is -2.46. The third kappa shape index (κ3) is 5.41. The Morgan fingerprint density at radius 3 is 2.20 bits per heavy atom. The van der Waals surface area contributed by atoms with Crippen LogP contribution in [0.5, 0.6) is 5.75 Å². The van der Waals surface area contributed by atoms with E-state index in [-0.39, 0.29) is 0 Å². The molecule has 6 heteroatoms. The van der Waals surface area contributed by atoms with Crippen LogP contribution in [0.15, 0.2) is 24.3 Å². The molecular formula is C19H28N4O2. The summed E-state index contributed by atoms with van der Waals surface area (Å²) in [6.45, 7) is 7.64. The van der Waals surface area contributed by atoms with Gasteiger partial charge in [-0.05, 0) is 50.2 Å². The summed E-state index contributed by atoms with van der Waals surface area (Å²) < 4.78 is 11.9. The number of nitrogens with zero attached hydrogens (tertiary/aromatic N) is 3. The van der Waals surface area contributed by atoms with E-state index in [1.807, 2.05) is 12.1 Å². The van der Waals surface area contributed by atoms with E-state index in [1.54, 1.807) is 12.1 Å². The number of rotatable bonds is 8. The number of nitrogens with two attached hydrogens (primary N) is 1. The SMILES string of the molecule is N#Cc1ccc(OCCCN2CC3CN(CCCN)CC(C2)O3)cc1. The van der Waals surface area contributed by atoms with E-state index in [9.17, 15) is 0 Å². The van der Waals surface area contributed by atoms with E-state index in [0.717, 1.165) is 64.4 Å². The van der Waals surface area contributed by atoms with E-state index in [0.29, 0.717) is 24.4 Å². The second kappa shape index (κ2) is 9.16. The van der Waals surface area contributed by atoms with Crippen molar-refractivity contribution in [2.24, 2.45) is 5.73 Å². The highest BCUT2D eigenvalue weighted by Crippen LogP contribution is 2.19. The van der Waals surface area contributed by atoms with Crippen molar-refractivity contribution in [2.75, 3.05) is 52.4 Å². The zero-order valence-corrected chi connectivity index (χ0v) is 14.8. The molecule has 0 aromatic heterocycles. The van der Waals surface area contributed by atoms with Crippen molar-refractivity contribution in [2.45, 2.75) is 25.0 Å². The summed E-state index contributed by atoms with van der Waals surface area (Å²) in [5.41, 5.74) is 6.28. The van der Waals surface area contributed by atoms with Gasteiger partial charge in [-0.2, -0.15) is 5.26 Å². The number of morpholine rings is 2. The lowest BCUT2D eigenvalue weighted by atomic mass is 10.1. The van der Waals surface area contributed by atoms with E-state index >= 15 is 0 Å². The Kier molecular flexibility index (Phi) is 6.65. The van der Waals surface area contributed by atoms with Gasteiger partial charge in [-0.3, -0.25) is 9.80 Å². The highest BCUT2D eigenvalue weighted by Gasteiger charge is 2.34. The third-order valence-corrected chi connectivity index (χ3v) is 4.78. The van der Waals surface area contributed by atoms with Crippen LogP contribution in [0.3, 0.4) is 0 Å². The van der Waals surface area contributed by atoms with E-state index in [1.165, 1.54) is 0 Å². The summed E-state index contributed by atoms with van der Waals surface area (Å²) in [5, 5.41) is 8.80. The molecule has 2 unspecified atom stereocenters. The lowest BCUT2D eigenvalue weighted by Crippen LogP contribution is -2.59. The Morgan fingerprint density at radius 1 is 1.04 bits per heavy atom. The molecule has 2 bridgehead atoms. The number of fused-ring (bicyclic) bond motifs is 2. The molecule has 6 nitrogen and oxygen atoms in total. The van der Waals surface area contributed by atoms with Crippen molar-refractivity contribution in [1.29, 1.82) is 5.26 Å². The number of ether oxygens (including phenoxy) is 2. The van der Waals surface area contributed by atoms with Gasteiger partial charge in [0.2, 0.25) is 0 Å². The minimum absolute atomic E-state index is 0.324. The summed E-state index contributed by atoms with van der Waals surface area (Å²) in [5.74, 6) is 0.827. The predicted molar refractivity (Wildman–Crippen MR) is 96.5 cm³/mol. The molecule has 0 aliphatic carbocycles. The van der Waals surface area contributed by atoms with Gasteiger partial charge in [0.05, 0.1) is 30.4 Å². The van der Waals surface area contributed by atoms with Crippen molar-refractivity contribution in [3.05, 3.63) is 29.8 Å². The molecule has 0 spiro atoms. The lowest BCUT2D eigenvalue weighted by molar-refractivity contribution is -0.138. The highest BCUT2D eigenvalue weighted by atomic mass is 16.5. The van der Waals surface area contributed by atoms with Crippen LogP contribution in [0.1, 0.15) is 18.4 Å². The molecule has 25 heavy (non-hydrogen) atoms. The first-order chi connectivity index (χ1) is 12.3. The van der Waals surface area contributed by atoms with Crippen LogP contribution in [0.4, 0.5) is 0 Å². The minimum atomic E-state index is 0.324. The monoisotopic (exact) mass is 344 g/mol. The van der Waals surface area contributed by atoms with Gasteiger partial charge in [0, 0.05) is 32.7 Å². The van der Waals surface area contributed by atoms with Gasteiger partial charge in [0.25, 0.3) is 0 Å². The molecule has 0 saturated carbocycles. The molecular weight excluding hydrogens is 316 g/mol. The zero-order valence-electron chi connectivity index (χ0n) is 14.8. The number of nitriles is 1. The summed E-state index contributed by atoms with van der Waals surface area (Å²) in [6, 6.07) is 9.40. The largest absolute Gasteiger partial charge is 0.494 e. The highest BCUT2D eigenvalue weighted by molar-refractivity contribution is 5.34. The molecule has 136 valence electrons. The maximum Gasteiger partial charge on any atom is 0.119 e. The Hall–Kier alpha value is -1.65. The minimum Gasteiger partial charge on any atom is -0.494 e. The standard InChI is InChI=1S/C19H28N4O2/c20-7-1-8-22-12-18-14-23(15-19(13-22)25-18)9-2-10-24-17-5-3-16(11-21)4-6-17/h3-6,18-19H,1-2,7-10,12-15,20H2. The summed E-state index contributed by atoms with van der Waals surface area (Å²) in [6.07, 6.45) is 2.71. The summed E-state index contributed by atoms with van der Waals surface area (Å²) in [7, 11) is 0. The average Bonchev–Trinajstić information content (AvgIpc) is 2.63. The topological polar surface area (TPSA) is 74.8 Å². The molecule has 1 aromatic carbocycles. The van der Waals surface area contributed by atoms with Crippen molar-refractivity contribution >= 4 is 0 Å². The number of hydrogen-bond acceptors (Lipinski definition) is 6. The fraction of sp³-hybridized carbons (Fsp3) is 0.632. The fourth-order valence-corrected chi connectivity index (χ4v) is 3.64. The van der Waals surface area contributed by atoms with Gasteiger partial charge in [-0.25, -0.2) is 0 Å². The van der Waals surface area contributed by atoms with Gasteiger partial charge in [-0.1, -0.05) is 0 Å². The number of benzene rings is 1. The first-order valence-corrected chi connectivity index (χ1v) is 9.20. The molecule has 2 saturated heterocycles. The second-order valence-corrected chi connectivity index (χ2v) is 6.88. The van der Waals surface area contributed by atoms with Crippen molar-refractivity contribution in [3.8, 4) is 11.8 Å².